The molecule has 11 rings (SSSR count). The van der Waals surface area contributed by atoms with Crippen LogP contribution in [0.25, 0.3) is 77.2 Å². The first-order chi connectivity index (χ1) is 27.2. The van der Waals surface area contributed by atoms with Gasteiger partial charge in [-0.05, 0) is 99.3 Å². The molecule has 2 N–H and O–H groups in total. The first-order valence-electron chi connectivity index (χ1n) is 19.2. The van der Waals surface area contributed by atoms with Gasteiger partial charge in [0.05, 0.1) is 24.2 Å². The van der Waals surface area contributed by atoms with E-state index in [4.69, 9.17) is 14.6 Å². The van der Waals surface area contributed by atoms with Crippen molar-refractivity contribution in [3.63, 3.8) is 0 Å². The fourth-order valence-corrected chi connectivity index (χ4v) is 9.23. The zero-order valence-electron chi connectivity index (χ0n) is 30.2. The SMILES string of the molecule is OCCCOc1ccc(-c2ccc3c(c2)c2cccc4c2n3-c2cccc3c2B4c2cc(-c4ccc(OCCCO)cc4)cc4c5ccccc5n-3c24)cc1. The summed E-state index contributed by atoms with van der Waals surface area (Å²) < 4.78 is 16.7. The summed E-state index contributed by atoms with van der Waals surface area (Å²) in [4.78, 5) is 0. The maximum Gasteiger partial charge on any atom is 0.252 e. The van der Waals surface area contributed by atoms with E-state index >= 15 is 0 Å². The monoisotopic (exact) mass is 716 g/mol. The van der Waals surface area contributed by atoms with Gasteiger partial charge in [-0.15, -0.1) is 0 Å². The van der Waals surface area contributed by atoms with Crippen LogP contribution in [0.5, 0.6) is 11.5 Å². The van der Waals surface area contributed by atoms with Crippen LogP contribution in [-0.2, 0) is 0 Å². The lowest BCUT2D eigenvalue weighted by molar-refractivity contribution is 0.233. The first-order valence-corrected chi connectivity index (χ1v) is 19.2. The number of para-hydroxylation sites is 2. The number of hydrogen-bond acceptors (Lipinski definition) is 4. The molecular weight excluding hydrogens is 679 g/mol. The van der Waals surface area contributed by atoms with E-state index in [1.165, 1.54) is 76.9 Å². The summed E-state index contributed by atoms with van der Waals surface area (Å²) in [7, 11) is 0. The van der Waals surface area contributed by atoms with Gasteiger partial charge in [-0.3, -0.25) is 0 Å². The Balaban J connectivity index is 1.12. The van der Waals surface area contributed by atoms with E-state index in [1.807, 2.05) is 24.3 Å². The minimum atomic E-state index is 0.0462. The highest BCUT2D eigenvalue weighted by molar-refractivity contribution is 7.00. The molecule has 0 spiro atoms. The molecular formula is C48H37BN2O4. The van der Waals surface area contributed by atoms with Gasteiger partial charge in [0.25, 0.3) is 6.71 Å². The van der Waals surface area contributed by atoms with Crippen LogP contribution >= 0.6 is 0 Å². The van der Waals surface area contributed by atoms with Crippen molar-refractivity contribution in [2.45, 2.75) is 12.8 Å². The predicted molar refractivity (Wildman–Crippen MR) is 225 cm³/mol. The Kier molecular flexibility index (Phi) is 7.41. The molecule has 7 heteroatoms. The summed E-state index contributed by atoms with van der Waals surface area (Å²) in [6.45, 7) is 1.28. The number of ether oxygens (including phenoxy) is 2. The van der Waals surface area contributed by atoms with Gasteiger partial charge >= 0.3 is 0 Å². The van der Waals surface area contributed by atoms with Gasteiger partial charge in [-0.1, -0.05) is 78.9 Å². The fraction of sp³-hybridized carbons (Fsp3) is 0.125. The largest absolute Gasteiger partial charge is 0.494 e. The number of rotatable bonds is 10. The van der Waals surface area contributed by atoms with E-state index in [0.29, 0.717) is 26.1 Å². The number of aromatic nitrogens is 2. The molecule has 2 aromatic heterocycles. The molecule has 266 valence electrons. The topological polar surface area (TPSA) is 68.8 Å². The van der Waals surface area contributed by atoms with Crippen molar-refractivity contribution in [1.29, 1.82) is 0 Å². The van der Waals surface area contributed by atoms with E-state index in [9.17, 15) is 5.11 Å². The molecule has 0 radical (unpaired) electrons. The van der Waals surface area contributed by atoms with Gasteiger partial charge in [-0.2, -0.15) is 0 Å². The van der Waals surface area contributed by atoms with Gasteiger partial charge in [0.15, 0.2) is 0 Å². The van der Waals surface area contributed by atoms with Gasteiger partial charge < -0.3 is 28.8 Å². The summed E-state index contributed by atoms with van der Waals surface area (Å²) in [6.07, 6.45) is 1.23. The number of hydrogen-bond donors (Lipinski definition) is 2. The lowest BCUT2D eigenvalue weighted by Gasteiger charge is -2.33. The van der Waals surface area contributed by atoms with E-state index in [2.05, 4.69) is 124 Å². The molecule has 2 aliphatic rings. The van der Waals surface area contributed by atoms with E-state index in [1.54, 1.807) is 0 Å². The van der Waals surface area contributed by atoms with Crippen LogP contribution in [0.4, 0.5) is 0 Å². The molecule has 9 aromatic rings. The van der Waals surface area contributed by atoms with Crippen LogP contribution in [0.3, 0.4) is 0 Å². The van der Waals surface area contributed by atoms with Crippen molar-refractivity contribution in [2.75, 3.05) is 26.4 Å². The molecule has 0 atom stereocenters. The summed E-state index contributed by atoms with van der Waals surface area (Å²) in [5.74, 6) is 1.62. The molecule has 0 aliphatic carbocycles. The molecule has 0 saturated heterocycles. The Bertz CT molecular complexity index is 2960. The van der Waals surface area contributed by atoms with Gasteiger partial charge in [0.1, 0.15) is 11.5 Å². The molecule has 0 fully saturated rings. The molecule has 0 unspecified atom stereocenters. The van der Waals surface area contributed by atoms with Crippen molar-refractivity contribution in [1.82, 2.24) is 9.13 Å². The molecule has 0 bridgehead atoms. The molecule has 7 aromatic carbocycles. The van der Waals surface area contributed by atoms with Crippen LogP contribution < -0.4 is 25.9 Å². The van der Waals surface area contributed by atoms with Crippen LogP contribution in [0.2, 0.25) is 0 Å². The molecule has 0 saturated carbocycles. The minimum absolute atomic E-state index is 0.0462. The van der Waals surface area contributed by atoms with Crippen LogP contribution in [0.15, 0.2) is 140 Å². The lowest BCUT2D eigenvalue weighted by atomic mass is 9.34. The van der Waals surface area contributed by atoms with Crippen molar-refractivity contribution in [2.24, 2.45) is 0 Å². The summed E-state index contributed by atoms with van der Waals surface area (Å²) in [5, 5.41) is 23.4. The van der Waals surface area contributed by atoms with E-state index in [0.717, 1.165) is 28.2 Å². The smallest absolute Gasteiger partial charge is 0.252 e. The minimum Gasteiger partial charge on any atom is -0.494 e. The molecule has 6 nitrogen and oxygen atoms in total. The molecule has 0 amide bonds. The lowest BCUT2D eigenvalue weighted by Crippen LogP contribution is -2.59. The third-order valence-electron chi connectivity index (χ3n) is 11.6. The predicted octanol–water partition coefficient (Wildman–Crippen LogP) is 7.88. The fourth-order valence-electron chi connectivity index (χ4n) is 9.23. The number of aliphatic hydroxyl groups is 2. The summed E-state index contributed by atoms with van der Waals surface area (Å²) in [6, 6.07) is 50.8. The van der Waals surface area contributed by atoms with Gasteiger partial charge in [-0.25, -0.2) is 0 Å². The molecule has 4 heterocycles. The van der Waals surface area contributed by atoms with Crippen molar-refractivity contribution in [3.8, 4) is 45.1 Å². The number of nitrogens with zero attached hydrogens (tertiary/aromatic N) is 2. The zero-order chi connectivity index (χ0) is 36.6. The highest BCUT2D eigenvalue weighted by atomic mass is 16.5. The second kappa shape index (κ2) is 12.7. The zero-order valence-corrected chi connectivity index (χ0v) is 30.2. The molecule has 2 aliphatic heterocycles. The van der Waals surface area contributed by atoms with Crippen LogP contribution in [-0.4, -0.2) is 52.5 Å². The summed E-state index contributed by atoms with van der Waals surface area (Å²) in [5.41, 5.74) is 16.0. The standard InChI is InChI=1S/C48H37BN2O4/c52-23-5-25-54-34-18-13-30(14-19-34)32-17-22-43-38(27-32)37-8-3-9-40-47(37)51(43)45-12-4-11-44-46(45)49(40)41-29-33(31-15-20-35(21-16-31)55-26-6-24-53)28-39-36-7-1-2-10-42(36)50(44)48(39)41/h1-4,7-22,27-29,52-53H,5-6,23-26H2. The third kappa shape index (κ3) is 4.83. The summed E-state index contributed by atoms with van der Waals surface area (Å²) >= 11 is 0. The Morgan fingerprint density at radius 2 is 1.02 bits per heavy atom. The Morgan fingerprint density at radius 1 is 0.455 bits per heavy atom. The quantitative estimate of drug-likeness (QED) is 0.112. The second-order valence-corrected chi connectivity index (χ2v) is 14.7. The average Bonchev–Trinajstić information content (AvgIpc) is 3.75. The van der Waals surface area contributed by atoms with Crippen LogP contribution in [0.1, 0.15) is 12.8 Å². The first kappa shape index (κ1) is 32.2. The van der Waals surface area contributed by atoms with E-state index < -0.39 is 0 Å². The normalized spacial score (nSPS) is 12.6. The average molecular weight is 717 g/mol. The maximum atomic E-state index is 9.21. The maximum absolute atomic E-state index is 9.21. The van der Waals surface area contributed by atoms with Crippen molar-refractivity contribution in [3.05, 3.63) is 140 Å². The highest BCUT2D eigenvalue weighted by Crippen LogP contribution is 2.41. The Morgan fingerprint density at radius 3 is 1.71 bits per heavy atom. The second-order valence-electron chi connectivity index (χ2n) is 14.7. The Hall–Kier alpha value is -6.28. The van der Waals surface area contributed by atoms with Gasteiger partial charge in [0.2, 0.25) is 0 Å². The van der Waals surface area contributed by atoms with E-state index in [-0.39, 0.29) is 19.9 Å². The van der Waals surface area contributed by atoms with Crippen molar-refractivity contribution < 1.29 is 19.7 Å². The van der Waals surface area contributed by atoms with Gasteiger partial charge in [0, 0.05) is 70.0 Å². The molecule has 55 heavy (non-hydrogen) atoms. The number of aliphatic hydroxyl groups excluding tert-OH is 2. The third-order valence-corrected chi connectivity index (χ3v) is 11.6. The van der Waals surface area contributed by atoms with Crippen molar-refractivity contribution >= 4 is 66.7 Å². The Labute approximate surface area is 318 Å². The van der Waals surface area contributed by atoms with Crippen LogP contribution in [0, 0.1) is 0 Å². The highest BCUT2D eigenvalue weighted by Gasteiger charge is 2.40. The number of benzene rings is 7. The number of fused-ring (bicyclic) bond motifs is 10.